The second kappa shape index (κ2) is 5.91. The molecule has 0 atom stereocenters. The topological polar surface area (TPSA) is 60.5 Å². The van der Waals surface area contributed by atoms with E-state index in [1.807, 2.05) is 18.3 Å². The van der Waals surface area contributed by atoms with Crippen LogP contribution < -0.4 is 10.1 Å². The number of carbonyl (C=O) groups excluding carboxylic acids is 1. The number of hydrogen-bond donors (Lipinski definition) is 1. The number of pyridine rings is 1. The Balaban J connectivity index is 1.59. The lowest BCUT2D eigenvalue weighted by atomic mass is 9.88. The van der Waals surface area contributed by atoms with Crippen molar-refractivity contribution in [1.29, 1.82) is 0 Å². The number of carbonyl (C=O) groups is 1. The number of ether oxygens (including phenoxy) is 2. The van der Waals surface area contributed by atoms with Crippen molar-refractivity contribution in [3.8, 4) is 17.0 Å². The molecule has 1 spiro atoms. The molecule has 0 aliphatic carbocycles. The minimum absolute atomic E-state index is 0.0529. The number of benzene rings is 1. The highest BCUT2D eigenvalue weighted by molar-refractivity contribution is 5.89. The predicted octanol–water partition coefficient (Wildman–Crippen LogP) is 2.59. The first-order valence-corrected chi connectivity index (χ1v) is 8.27. The number of esters is 1. The second-order valence-electron chi connectivity index (χ2n) is 6.46. The van der Waals surface area contributed by atoms with Crippen molar-refractivity contribution in [3.63, 3.8) is 0 Å². The molecule has 2 aromatic rings. The van der Waals surface area contributed by atoms with Crippen LogP contribution in [0.3, 0.4) is 0 Å². The first-order valence-electron chi connectivity index (χ1n) is 8.27. The highest BCUT2D eigenvalue weighted by Crippen LogP contribution is 2.40. The monoisotopic (exact) mass is 324 g/mol. The Morgan fingerprint density at radius 2 is 2.00 bits per heavy atom. The van der Waals surface area contributed by atoms with Crippen LogP contribution in [0.1, 0.15) is 28.8 Å². The van der Waals surface area contributed by atoms with Gasteiger partial charge in [-0.25, -0.2) is 4.79 Å². The number of hydrogen-bond acceptors (Lipinski definition) is 5. The lowest BCUT2D eigenvalue weighted by molar-refractivity contribution is 0.0593. The van der Waals surface area contributed by atoms with Crippen LogP contribution in [0, 0.1) is 0 Å². The molecule has 0 unspecified atom stereocenters. The van der Waals surface area contributed by atoms with E-state index in [9.17, 15) is 4.79 Å². The molecule has 2 aliphatic heterocycles. The van der Waals surface area contributed by atoms with Crippen molar-refractivity contribution in [2.24, 2.45) is 0 Å². The summed E-state index contributed by atoms with van der Waals surface area (Å²) < 4.78 is 11.0. The SMILES string of the molecule is COC(=O)c1ccc(-c2cc3c(cn2)OC2(CCNCC2)C3)cc1. The van der Waals surface area contributed by atoms with Gasteiger partial charge in [0.1, 0.15) is 11.4 Å². The normalized spacial score (nSPS) is 18.0. The maximum Gasteiger partial charge on any atom is 0.337 e. The molecule has 2 aliphatic rings. The van der Waals surface area contributed by atoms with E-state index in [4.69, 9.17) is 9.47 Å². The molecule has 0 bridgehead atoms. The Labute approximate surface area is 141 Å². The molecular weight excluding hydrogens is 304 g/mol. The molecule has 5 nitrogen and oxygen atoms in total. The van der Waals surface area contributed by atoms with Crippen LogP contribution in [0.15, 0.2) is 36.5 Å². The molecule has 3 heterocycles. The fourth-order valence-electron chi connectivity index (χ4n) is 3.55. The number of piperidine rings is 1. The number of nitrogens with one attached hydrogen (secondary N) is 1. The summed E-state index contributed by atoms with van der Waals surface area (Å²) in [6.07, 6.45) is 4.84. The number of methoxy groups -OCH3 is 1. The number of rotatable bonds is 2. The Morgan fingerprint density at radius 3 is 2.71 bits per heavy atom. The Kier molecular flexibility index (Phi) is 3.73. The van der Waals surface area contributed by atoms with Crippen molar-refractivity contribution in [1.82, 2.24) is 10.3 Å². The van der Waals surface area contributed by atoms with Gasteiger partial charge in [-0.05, 0) is 44.1 Å². The molecule has 1 N–H and O–H groups in total. The molecule has 4 rings (SSSR count). The number of nitrogens with zero attached hydrogens (tertiary/aromatic N) is 1. The fourth-order valence-corrected chi connectivity index (χ4v) is 3.55. The van der Waals surface area contributed by atoms with Crippen LogP contribution in [0.25, 0.3) is 11.3 Å². The standard InChI is InChI=1S/C19H20N2O3/c1-23-18(22)14-4-2-13(3-5-14)16-10-15-11-19(6-8-20-9-7-19)24-17(15)12-21-16/h2-5,10,12,20H,6-9,11H2,1H3. The van der Waals surface area contributed by atoms with Gasteiger partial charge in [0.15, 0.2) is 0 Å². The van der Waals surface area contributed by atoms with Crippen molar-refractivity contribution in [2.45, 2.75) is 24.9 Å². The molecule has 0 radical (unpaired) electrons. The summed E-state index contributed by atoms with van der Waals surface area (Å²) >= 11 is 0. The molecule has 5 heteroatoms. The zero-order valence-electron chi connectivity index (χ0n) is 13.7. The third-order valence-electron chi connectivity index (χ3n) is 4.90. The van der Waals surface area contributed by atoms with Gasteiger partial charge < -0.3 is 14.8 Å². The first kappa shape index (κ1) is 15.1. The predicted molar refractivity (Wildman–Crippen MR) is 90.2 cm³/mol. The van der Waals surface area contributed by atoms with Gasteiger partial charge in [0, 0.05) is 17.5 Å². The van der Waals surface area contributed by atoms with Gasteiger partial charge in [-0.2, -0.15) is 0 Å². The van der Waals surface area contributed by atoms with Crippen LogP contribution >= 0.6 is 0 Å². The number of fused-ring (bicyclic) bond motifs is 1. The number of aromatic nitrogens is 1. The summed E-state index contributed by atoms with van der Waals surface area (Å²) in [6, 6.07) is 9.44. The summed E-state index contributed by atoms with van der Waals surface area (Å²) in [5.74, 6) is 0.580. The van der Waals surface area contributed by atoms with Gasteiger partial charge in [0.05, 0.1) is 24.6 Å². The quantitative estimate of drug-likeness (QED) is 0.861. The van der Waals surface area contributed by atoms with E-state index in [1.54, 1.807) is 12.1 Å². The van der Waals surface area contributed by atoms with Gasteiger partial charge in [0.2, 0.25) is 0 Å². The van der Waals surface area contributed by atoms with Crippen molar-refractivity contribution in [3.05, 3.63) is 47.7 Å². The van der Waals surface area contributed by atoms with Crippen LogP contribution in [0.4, 0.5) is 0 Å². The summed E-state index contributed by atoms with van der Waals surface area (Å²) in [7, 11) is 1.38. The van der Waals surface area contributed by atoms with Crippen molar-refractivity contribution < 1.29 is 14.3 Å². The van der Waals surface area contributed by atoms with Gasteiger partial charge in [-0.1, -0.05) is 12.1 Å². The first-order chi connectivity index (χ1) is 11.7. The summed E-state index contributed by atoms with van der Waals surface area (Å²) in [6.45, 7) is 2.01. The maximum absolute atomic E-state index is 11.5. The smallest absolute Gasteiger partial charge is 0.337 e. The van der Waals surface area contributed by atoms with E-state index in [0.29, 0.717) is 5.56 Å². The molecular formula is C19H20N2O3. The van der Waals surface area contributed by atoms with Gasteiger partial charge in [-0.15, -0.1) is 0 Å². The van der Waals surface area contributed by atoms with Gasteiger partial charge >= 0.3 is 5.97 Å². The van der Waals surface area contributed by atoms with Crippen LogP contribution in [-0.4, -0.2) is 36.8 Å². The molecule has 0 saturated carbocycles. The minimum atomic E-state index is -0.329. The van der Waals surface area contributed by atoms with E-state index in [-0.39, 0.29) is 11.6 Å². The Bertz CT molecular complexity index is 765. The lowest BCUT2D eigenvalue weighted by Gasteiger charge is -2.33. The van der Waals surface area contributed by atoms with Crippen LogP contribution in [0.2, 0.25) is 0 Å². The summed E-state index contributed by atoms with van der Waals surface area (Å²) in [4.78, 5) is 16.1. The highest BCUT2D eigenvalue weighted by Gasteiger charge is 2.40. The molecule has 1 saturated heterocycles. The van der Waals surface area contributed by atoms with Crippen molar-refractivity contribution >= 4 is 5.97 Å². The highest BCUT2D eigenvalue weighted by atomic mass is 16.5. The molecule has 1 aromatic heterocycles. The molecule has 1 aromatic carbocycles. The molecule has 124 valence electrons. The van der Waals surface area contributed by atoms with E-state index >= 15 is 0 Å². The van der Waals surface area contributed by atoms with Gasteiger partial charge in [-0.3, -0.25) is 4.98 Å². The summed E-state index contributed by atoms with van der Waals surface area (Å²) in [5, 5.41) is 3.39. The average Bonchev–Trinajstić information content (AvgIpc) is 2.98. The van der Waals surface area contributed by atoms with Crippen LogP contribution in [-0.2, 0) is 11.2 Å². The van der Waals surface area contributed by atoms with Gasteiger partial charge in [0.25, 0.3) is 0 Å². The Morgan fingerprint density at radius 1 is 1.25 bits per heavy atom. The van der Waals surface area contributed by atoms with E-state index < -0.39 is 0 Å². The zero-order valence-corrected chi connectivity index (χ0v) is 13.7. The summed E-state index contributed by atoms with van der Waals surface area (Å²) in [5.41, 5.74) is 3.60. The third kappa shape index (κ3) is 2.65. The van der Waals surface area contributed by atoms with E-state index in [2.05, 4.69) is 16.4 Å². The molecule has 0 amide bonds. The van der Waals surface area contributed by atoms with E-state index in [0.717, 1.165) is 49.4 Å². The lowest BCUT2D eigenvalue weighted by Crippen LogP contribution is -2.45. The van der Waals surface area contributed by atoms with Crippen molar-refractivity contribution in [2.75, 3.05) is 20.2 Å². The average molecular weight is 324 g/mol. The fraction of sp³-hybridized carbons (Fsp3) is 0.368. The second-order valence-corrected chi connectivity index (χ2v) is 6.46. The van der Waals surface area contributed by atoms with E-state index in [1.165, 1.54) is 12.7 Å². The minimum Gasteiger partial charge on any atom is -0.485 e. The zero-order chi connectivity index (χ0) is 16.6. The Hall–Kier alpha value is -2.40. The molecule has 24 heavy (non-hydrogen) atoms. The maximum atomic E-state index is 11.5. The largest absolute Gasteiger partial charge is 0.485 e. The van der Waals surface area contributed by atoms with Crippen LogP contribution in [0.5, 0.6) is 5.75 Å². The third-order valence-corrected chi connectivity index (χ3v) is 4.90. The molecule has 1 fully saturated rings.